The summed E-state index contributed by atoms with van der Waals surface area (Å²) in [5, 5.41) is 9.73. The smallest absolute Gasteiger partial charge is 0.240 e. The fourth-order valence-corrected chi connectivity index (χ4v) is 5.09. The molecule has 1 aliphatic heterocycles. The molecule has 48 heavy (non-hydrogen) atoms. The zero-order valence-corrected chi connectivity index (χ0v) is 29.1. The molecule has 1 fully saturated rings. The molecule has 0 aromatic heterocycles. The number of carbonyl (C=O) groups excluding carboxylic acids is 1. The normalized spacial score (nSPS) is 12.3. The minimum Gasteiger partial charge on any atom is -0.387 e. The Morgan fingerprint density at radius 2 is 1.35 bits per heavy atom. The molecule has 1 saturated heterocycles. The van der Waals surface area contributed by atoms with Crippen molar-refractivity contribution in [1.82, 2.24) is 20.9 Å². The summed E-state index contributed by atoms with van der Waals surface area (Å²) in [4.78, 5) is 14.5. The Bertz CT molecular complexity index is 1460. The Balaban J connectivity index is 0.000000280. The van der Waals surface area contributed by atoms with Crippen LogP contribution < -0.4 is 16.0 Å². The third-order valence-corrected chi connectivity index (χ3v) is 7.99. The van der Waals surface area contributed by atoms with Crippen LogP contribution in [0.4, 0.5) is 0 Å². The van der Waals surface area contributed by atoms with Gasteiger partial charge in [-0.15, -0.1) is 0 Å². The van der Waals surface area contributed by atoms with Crippen molar-refractivity contribution in [2.24, 2.45) is 0 Å². The molecular formula is C42H54N4O2. The second kappa shape index (κ2) is 22.0. The van der Waals surface area contributed by atoms with E-state index < -0.39 is 0 Å². The first-order chi connectivity index (χ1) is 23.4. The van der Waals surface area contributed by atoms with Crippen molar-refractivity contribution >= 4 is 5.91 Å². The Hall–Kier alpha value is -4.65. The van der Waals surface area contributed by atoms with Gasteiger partial charge in [0.15, 0.2) is 0 Å². The fourth-order valence-electron chi connectivity index (χ4n) is 5.09. The lowest BCUT2D eigenvalue weighted by atomic mass is 10.0. The lowest BCUT2D eigenvalue weighted by molar-refractivity contribution is -0.122. The van der Waals surface area contributed by atoms with Gasteiger partial charge in [-0.05, 0) is 68.0 Å². The molecule has 1 aliphatic rings. The van der Waals surface area contributed by atoms with Crippen LogP contribution in [-0.2, 0) is 22.4 Å². The quantitative estimate of drug-likeness (QED) is 0.135. The highest BCUT2D eigenvalue weighted by Crippen LogP contribution is 2.18. The molecule has 0 bridgehead atoms. The third-order valence-electron chi connectivity index (χ3n) is 7.99. The monoisotopic (exact) mass is 646 g/mol. The molecule has 0 saturated carbocycles. The number of benzene rings is 4. The molecule has 1 amide bonds. The summed E-state index contributed by atoms with van der Waals surface area (Å²) in [5.41, 5.74) is 7.84. The lowest BCUT2D eigenvalue weighted by Crippen LogP contribution is -2.45. The molecule has 3 N–H and O–H groups in total. The number of carbonyl (C=O) groups is 1. The zero-order valence-electron chi connectivity index (χ0n) is 29.1. The van der Waals surface area contributed by atoms with Crippen LogP contribution >= 0.6 is 0 Å². The van der Waals surface area contributed by atoms with E-state index in [9.17, 15) is 4.79 Å². The van der Waals surface area contributed by atoms with E-state index in [0.29, 0.717) is 13.0 Å². The number of nitrogens with one attached hydrogen (secondary N) is 3. The van der Waals surface area contributed by atoms with Crippen LogP contribution in [0.3, 0.4) is 0 Å². The number of hydrogen-bond acceptors (Lipinski definition) is 5. The van der Waals surface area contributed by atoms with E-state index in [1.54, 1.807) is 12.0 Å². The molecule has 4 aromatic carbocycles. The predicted molar refractivity (Wildman–Crippen MR) is 202 cm³/mol. The van der Waals surface area contributed by atoms with Crippen LogP contribution in [-0.4, -0.2) is 63.8 Å². The maximum absolute atomic E-state index is 12.7. The van der Waals surface area contributed by atoms with Crippen LogP contribution in [0.15, 0.2) is 140 Å². The summed E-state index contributed by atoms with van der Waals surface area (Å²) >= 11 is 0. The van der Waals surface area contributed by atoms with E-state index in [4.69, 9.17) is 4.74 Å². The first-order valence-electron chi connectivity index (χ1n) is 16.9. The van der Waals surface area contributed by atoms with Gasteiger partial charge >= 0.3 is 0 Å². The van der Waals surface area contributed by atoms with E-state index >= 15 is 0 Å². The van der Waals surface area contributed by atoms with Gasteiger partial charge in [0.1, 0.15) is 0 Å². The van der Waals surface area contributed by atoms with Crippen molar-refractivity contribution in [2.45, 2.75) is 38.6 Å². The van der Waals surface area contributed by atoms with Gasteiger partial charge in [0.25, 0.3) is 0 Å². The summed E-state index contributed by atoms with van der Waals surface area (Å²) in [6, 6.07) is 39.2. The van der Waals surface area contributed by atoms with Gasteiger partial charge in [-0.25, -0.2) is 0 Å². The highest BCUT2D eigenvalue weighted by atomic mass is 16.5. The number of aryl methyl sites for hydroxylation is 1. The van der Waals surface area contributed by atoms with Gasteiger partial charge in [0.2, 0.25) is 5.91 Å². The number of nitrogens with zero attached hydrogens (tertiary/aromatic N) is 1. The summed E-state index contributed by atoms with van der Waals surface area (Å²) < 4.78 is 5.09. The van der Waals surface area contributed by atoms with Crippen molar-refractivity contribution in [3.8, 4) is 11.1 Å². The van der Waals surface area contributed by atoms with Crippen LogP contribution in [0.25, 0.3) is 11.1 Å². The second-order valence-electron chi connectivity index (χ2n) is 12.0. The van der Waals surface area contributed by atoms with Crippen molar-refractivity contribution in [2.75, 3.05) is 46.9 Å². The second-order valence-corrected chi connectivity index (χ2v) is 12.0. The van der Waals surface area contributed by atoms with E-state index in [-0.39, 0.29) is 18.5 Å². The summed E-state index contributed by atoms with van der Waals surface area (Å²) in [7, 11) is 3.44. The SMILES string of the molecule is C1CCNC1.C=C(NCCc1ccccc1)C(Cc1ccccc1)NC(=O)CN(C)C(=C)COC.Cc1ccc(-c2ccccc2)cc1. The van der Waals surface area contributed by atoms with Gasteiger partial charge in [-0.2, -0.15) is 0 Å². The number of hydrogen-bond donors (Lipinski definition) is 3. The Kier molecular flexibility index (Phi) is 17.3. The van der Waals surface area contributed by atoms with Gasteiger partial charge in [-0.1, -0.05) is 134 Å². The lowest BCUT2D eigenvalue weighted by Gasteiger charge is -2.25. The van der Waals surface area contributed by atoms with Gasteiger partial charge in [0, 0.05) is 32.1 Å². The van der Waals surface area contributed by atoms with Crippen molar-refractivity contribution in [3.05, 3.63) is 157 Å². The van der Waals surface area contributed by atoms with Crippen molar-refractivity contribution < 1.29 is 9.53 Å². The maximum atomic E-state index is 12.7. The van der Waals surface area contributed by atoms with E-state index in [1.807, 2.05) is 49.5 Å². The summed E-state index contributed by atoms with van der Waals surface area (Å²) in [5.74, 6) is -0.0818. The first-order valence-corrected chi connectivity index (χ1v) is 16.9. The molecule has 0 aliphatic carbocycles. The highest BCUT2D eigenvalue weighted by molar-refractivity contribution is 5.79. The number of rotatable bonds is 14. The van der Waals surface area contributed by atoms with Crippen molar-refractivity contribution in [1.29, 1.82) is 0 Å². The van der Waals surface area contributed by atoms with E-state index in [0.717, 1.165) is 29.9 Å². The molecule has 1 atom stereocenters. The topological polar surface area (TPSA) is 65.6 Å². The molecule has 1 heterocycles. The van der Waals surface area contributed by atoms with E-state index in [1.165, 1.54) is 48.2 Å². The molecule has 6 nitrogen and oxygen atoms in total. The van der Waals surface area contributed by atoms with Crippen LogP contribution in [0.5, 0.6) is 0 Å². The van der Waals surface area contributed by atoms with Gasteiger partial charge < -0.3 is 25.6 Å². The number of ether oxygens (including phenoxy) is 1. The van der Waals surface area contributed by atoms with Crippen molar-refractivity contribution in [3.63, 3.8) is 0 Å². The first kappa shape index (κ1) is 37.8. The molecule has 6 heteroatoms. The Morgan fingerprint density at radius 3 is 1.90 bits per heavy atom. The largest absolute Gasteiger partial charge is 0.387 e. The fraction of sp³-hybridized carbons (Fsp3) is 0.310. The van der Waals surface area contributed by atoms with E-state index in [2.05, 4.69) is 109 Å². The minimum atomic E-state index is -0.209. The van der Waals surface area contributed by atoms with Crippen LogP contribution in [0.1, 0.15) is 29.5 Å². The minimum absolute atomic E-state index is 0.0818. The average Bonchev–Trinajstić information content (AvgIpc) is 3.71. The van der Waals surface area contributed by atoms with Gasteiger partial charge in [0.05, 0.1) is 19.2 Å². The summed E-state index contributed by atoms with van der Waals surface area (Å²) in [6.07, 6.45) is 4.35. The van der Waals surface area contributed by atoms with Crippen LogP contribution in [0, 0.1) is 6.92 Å². The Labute approximate surface area is 288 Å². The average molecular weight is 647 g/mol. The number of likely N-dealkylation sites (N-methyl/N-ethyl adjacent to an activating group) is 1. The third kappa shape index (κ3) is 14.8. The van der Waals surface area contributed by atoms with Gasteiger partial charge in [-0.3, -0.25) is 4.79 Å². The molecule has 0 radical (unpaired) electrons. The molecule has 254 valence electrons. The molecular weight excluding hydrogens is 592 g/mol. The maximum Gasteiger partial charge on any atom is 0.240 e. The Morgan fingerprint density at radius 1 is 0.812 bits per heavy atom. The standard InChI is InChI=1S/C25H33N3O2.C13H12.C4H9N/c1-20(19-30-4)28(3)18-25(29)27-24(17-23-13-9-6-10-14-23)21(2)26-16-15-22-11-7-5-8-12-22;1-11-7-9-13(10-8-11)12-5-3-2-4-6-12;1-2-4-5-3-1/h5-14,24,26H,1-2,15-19H2,3-4H3,(H,27,29);2-10H,1H3;5H,1-4H2. The summed E-state index contributed by atoms with van der Waals surface area (Å²) in [6.45, 7) is 14.1. The molecule has 1 unspecified atom stereocenters. The number of amides is 1. The van der Waals surface area contributed by atoms with Crippen LogP contribution in [0.2, 0.25) is 0 Å². The molecule has 5 rings (SSSR count). The highest BCUT2D eigenvalue weighted by Gasteiger charge is 2.18. The molecule has 4 aromatic rings. The zero-order chi connectivity index (χ0) is 34.4. The predicted octanol–water partition coefficient (Wildman–Crippen LogP) is 7.18. The molecule has 0 spiro atoms. The number of methoxy groups -OCH3 is 1.